The second kappa shape index (κ2) is 3.77. The molecule has 0 atom stereocenters. The molecule has 0 spiro atoms. The molecule has 0 saturated carbocycles. The molecule has 0 aromatic heterocycles. The summed E-state index contributed by atoms with van der Waals surface area (Å²) in [6.45, 7) is 6.02. The lowest BCUT2D eigenvalue weighted by Gasteiger charge is -2.13. The molecule has 0 saturated heterocycles. The molecule has 3 heteroatoms. The minimum atomic E-state index is -1.79. The van der Waals surface area contributed by atoms with Crippen molar-refractivity contribution in [3.05, 3.63) is 35.4 Å². The minimum Gasteiger partial charge on any atom is -0.300 e. The molecule has 0 aliphatic carbocycles. The molecule has 1 aromatic carbocycles. The van der Waals surface area contributed by atoms with Gasteiger partial charge in [-0.25, -0.2) is 0 Å². The van der Waals surface area contributed by atoms with Crippen LogP contribution >= 0.6 is 0 Å². The Labute approximate surface area is 85.2 Å². The maximum Gasteiger partial charge on any atom is 0.139 e. The van der Waals surface area contributed by atoms with Gasteiger partial charge in [0.2, 0.25) is 0 Å². The van der Waals surface area contributed by atoms with E-state index in [-0.39, 0.29) is 5.41 Å². The molecule has 0 bridgehead atoms. The number of hydrogen-bond donors (Lipinski definition) is 0. The van der Waals surface area contributed by atoms with Crippen LogP contribution in [0, 0.1) is 11.3 Å². The number of rotatable bonds is 2. The summed E-state index contributed by atoms with van der Waals surface area (Å²) in [4.78, 5) is 11.9. The topological polar surface area (TPSA) is 40.9 Å². The van der Waals surface area contributed by atoms with Crippen molar-refractivity contribution >= 4 is 13.5 Å². The summed E-state index contributed by atoms with van der Waals surface area (Å²) in [6, 6.07) is 8.95. The van der Waals surface area contributed by atoms with Crippen molar-refractivity contribution < 1.29 is 4.79 Å². The van der Waals surface area contributed by atoms with Gasteiger partial charge in [-0.05, 0) is 12.1 Å². The number of nitriles is 1. The van der Waals surface area contributed by atoms with Gasteiger partial charge in [0.25, 0.3) is 0 Å². The van der Waals surface area contributed by atoms with Crippen molar-refractivity contribution in [2.45, 2.75) is 19.6 Å². The maximum atomic E-state index is 11.9. The number of carbonyl (C=O) groups excluding carboxylic acids is 1. The lowest BCUT2D eigenvalue weighted by atomic mass is 10.1. The van der Waals surface area contributed by atoms with Crippen LogP contribution in [0.1, 0.15) is 15.9 Å². The van der Waals surface area contributed by atoms with Crippen LogP contribution in [-0.2, 0) is 0 Å². The Morgan fingerprint density at radius 3 is 2.50 bits per heavy atom. The highest BCUT2D eigenvalue weighted by Gasteiger charge is 2.25. The highest BCUT2D eigenvalue weighted by Crippen LogP contribution is 2.13. The van der Waals surface area contributed by atoms with Gasteiger partial charge in [-0.15, -0.1) is 0 Å². The van der Waals surface area contributed by atoms with E-state index in [1.54, 1.807) is 24.3 Å². The summed E-state index contributed by atoms with van der Waals surface area (Å²) in [7, 11) is -1.79. The van der Waals surface area contributed by atoms with E-state index >= 15 is 0 Å². The van der Waals surface area contributed by atoms with Gasteiger partial charge in [-0.1, -0.05) is 31.8 Å². The predicted molar refractivity (Wildman–Crippen MR) is 58.8 cm³/mol. The molecule has 72 valence electrons. The first-order valence-electron chi connectivity index (χ1n) is 4.50. The third-order valence-electron chi connectivity index (χ3n) is 1.94. The molecule has 1 rings (SSSR count). The van der Waals surface area contributed by atoms with Gasteiger partial charge in [-0.2, -0.15) is 5.26 Å². The van der Waals surface area contributed by atoms with Crippen molar-refractivity contribution in [2.75, 3.05) is 0 Å². The van der Waals surface area contributed by atoms with E-state index < -0.39 is 8.07 Å². The van der Waals surface area contributed by atoms with Crippen molar-refractivity contribution in [1.29, 1.82) is 5.26 Å². The second-order valence-electron chi connectivity index (χ2n) is 4.27. The highest BCUT2D eigenvalue weighted by molar-refractivity contribution is 7.05. The Morgan fingerprint density at radius 1 is 1.36 bits per heavy atom. The summed E-state index contributed by atoms with van der Waals surface area (Å²) < 4.78 is 0. The minimum absolute atomic E-state index is 0.203. The first-order valence-corrected chi connectivity index (χ1v) is 8.00. The highest BCUT2D eigenvalue weighted by atomic mass is 28.3. The summed E-state index contributed by atoms with van der Waals surface area (Å²) in [5.41, 5.74) is 1.22. The molecular weight excluding hydrogens is 190 g/mol. The third-order valence-corrected chi connectivity index (χ3v) is 3.59. The quantitative estimate of drug-likeness (QED) is 0.693. The first kappa shape index (κ1) is 10.7. The molecule has 1 aromatic rings. The van der Waals surface area contributed by atoms with Gasteiger partial charge in [0.1, 0.15) is 13.5 Å². The van der Waals surface area contributed by atoms with E-state index in [2.05, 4.69) is 0 Å². The standard InChI is InChI=1S/C11H13NOSi/c1-14(2,3)11(13)10-6-4-5-9(7-10)8-12/h4-7H,1-3H3. The van der Waals surface area contributed by atoms with E-state index in [9.17, 15) is 4.79 Å². The van der Waals surface area contributed by atoms with E-state index in [1.165, 1.54) is 0 Å². The van der Waals surface area contributed by atoms with Crippen molar-refractivity contribution in [3.8, 4) is 6.07 Å². The molecule has 0 unspecified atom stereocenters. The van der Waals surface area contributed by atoms with E-state index in [0.717, 1.165) is 0 Å². The average Bonchev–Trinajstić information content (AvgIpc) is 2.15. The number of carbonyl (C=O) groups is 1. The number of nitrogens with zero attached hydrogens (tertiary/aromatic N) is 1. The molecule has 14 heavy (non-hydrogen) atoms. The number of hydrogen-bond acceptors (Lipinski definition) is 2. The van der Waals surface area contributed by atoms with Gasteiger partial charge in [0.05, 0.1) is 11.6 Å². The molecule has 0 amide bonds. The Bertz CT molecular complexity index is 398. The molecule has 0 aliphatic rings. The first-order chi connectivity index (χ1) is 6.45. The molecule has 0 aliphatic heterocycles. The van der Waals surface area contributed by atoms with E-state index in [4.69, 9.17) is 5.26 Å². The molecule has 0 heterocycles. The largest absolute Gasteiger partial charge is 0.300 e. The zero-order chi connectivity index (χ0) is 10.8. The fourth-order valence-corrected chi connectivity index (χ4v) is 2.18. The zero-order valence-corrected chi connectivity index (χ0v) is 9.66. The Morgan fingerprint density at radius 2 is 2.00 bits per heavy atom. The van der Waals surface area contributed by atoms with Crippen LogP contribution in [-0.4, -0.2) is 13.5 Å². The van der Waals surface area contributed by atoms with Gasteiger partial charge in [0, 0.05) is 5.56 Å². The van der Waals surface area contributed by atoms with Crippen molar-refractivity contribution in [3.63, 3.8) is 0 Å². The van der Waals surface area contributed by atoms with Crippen LogP contribution in [0.15, 0.2) is 24.3 Å². The zero-order valence-electron chi connectivity index (χ0n) is 8.66. The van der Waals surface area contributed by atoms with E-state index in [0.29, 0.717) is 11.1 Å². The average molecular weight is 203 g/mol. The SMILES string of the molecule is C[Si](C)(C)C(=O)c1cccc(C#N)c1. The molecule has 2 nitrogen and oxygen atoms in total. The normalized spacial score (nSPS) is 10.7. The summed E-state index contributed by atoms with van der Waals surface area (Å²) in [6.07, 6.45) is 0. The van der Waals surface area contributed by atoms with Crippen LogP contribution < -0.4 is 0 Å². The van der Waals surface area contributed by atoms with Crippen LogP contribution in [0.5, 0.6) is 0 Å². The molecule has 0 N–H and O–H groups in total. The smallest absolute Gasteiger partial charge is 0.139 e. The summed E-state index contributed by atoms with van der Waals surface area (Å²) in [5, 5.41) is 8.90. The second-order valence-corrected chi connectivity index (χ2v) is 9.23. The van der Waals surface area contributed by atoms with Crippen molar-refractivity contribution in [1.82, 2.24) is 0 Å². The van der Waals surface area contributed by atoms with Crippen LogP contribution in [0.4, 0.5) is 0 Å². The third kappa shape index (κ3) is 2.30. The summed E-state index contributed by atoms with van der Waals surface area (Å²) in [5.74, 6) is 0. The van der Waals surface area contributed by atoms with Crippen LogP contribution in [0.2, 0.25) is 19.6 Å². The Kier molecular flexibility index (Phi) is 2.87. The predicted octanol–water partition coefficient (Wildman–Crippen LogP) is 2.62. The molecule has 0 fully saturated rings. The van der Waals surface area contributed by atoms with Gasteiger partial charge in [-0.3, -0.25) is 0 Å². The Hall–Kier alpha value is -1.40. The molecular formula is C11H13NOSi. The van der Waals surface area contributed by atoms with Crippen LogP contribution in [0.25, 0.3) is 0 Å². The van der Waals surface area contributed by atoms with E-state index in [1.807, 2.05) is 25.7 Å². The fourth-order valence-electron chi connectivity index (χ4n) is 1.16. The number of benzene rings is 1. The Balaban J connectivity index is 3.10. The molecule has 0 radical (unpaired) electrons. The maximum absolute atomic E-state index is 11.9. The monoisotopic (exact) mass is 203 g/mol. The lowest BCUT2D eigenvalue weighted by Crippen LogP contribution is -2.33. The van der Waals surface area contributed by atoms with Crippen molar-refractivity contribution in [2.24, 2.45) is 0 Å². The summed E-state index contributed by atoms with van der Waals surface area (Å²) >= 11 is 0. The fraction of sp³-hybridized carbons (Fsp3) is 0.273. The van der Waals surface area contributed by atoms with Gasteiger partial charge >= 0.3 is 0 Å². The lowest BCUT2D eigenvalue weighted by molar-refractivity contribution is 0.106. The van der Waals surface area contributed by atoms with Crippen LogP contribution in [0.3, 0.4) is 0 Å². The van der Waals surface area contributed by atoms with Gasteiger partial charge < -0.3 is 4.79 Å². The van der Waals surface area contributed by atoms with Gasteiger partial charge in [0.15, 0.2) is 0 Å².